The molecular weight excluding hydrogens is 212 g/mol. The minimum absolute atomic E-state index is 0.360. The second-order valence-corrected chi connectivity index (χ2v) is 4.43. The van der Waals surface area contributed by atoms with Gasteiger partial charge in [0.15, 0.2) is 5.78 Å². The molecule has 0 rings (SSSR count). The molecule has 82 valence electrons. The fourth-order valence-electron chi connectivity index (χ4n) is 0.720. The minimum atomic E-state index is -4.35. The molecule has 0 fully saturated rings. The molecule has 0 radical (unpaired) electrons. The van der Waals surface area contributed by atoms with Gasteiger partial charge in [0.1, 0.15) is 12.2 Å². The van der Waals surface area contributed by atoms with Crippen LogP contribution in [0.25, 0.3) is 0 Å². The van der Waals surface area contributed by atoms with E-state index in [1.165, 1.54) is 0 Å². The van der Waals surface area contributed by atoms with Crippen molar-refractivity contribution in [2.45, 2.75) is 26.4 Å². The van der Waals surface area contributed by atoms with Crippen molar-refractivity contribution in [2.24, 2.45) is 0 Å². The van der Waals surface area contributed by atoms with Gasteiger partial charge in [-0.3, -0.25) is 14.1 Å². The summed E-state index contributed by atoms with van der Waals surface area (Å²) in [7, 11) is -4.35. The minimum Gasteiger partial charge on any atom is -0.463 e. The molecule has 0 spiro atoms. The zero-order valence-corrected chi connectivity index (χ0v) is 8.70. The summed E-state index contributed by atoms with van der Waals surface area (Å²) in [5.41, 5.74) is 0. The summed E-state index contributed by atoms with van der Waals surface area (Å²) in [6.45, 7) is 3.20. The predicted molar refractivity (Wildman–Crippen MR) is 47.3 cm³/mol. The van der Waals surface area contributed by atoms with Crippen molar-refractivity contribution in [3.63, 3.8) is 0 Å². The molecule has 1 N–H and O–H groups in total. The van der Waals surface area contributed by atoms with Gasteiger partial charge < -0.3 is 4.74 Å². The SMILES string of the molecule is CC(C)OC(=O)CC(=O)CS(=O)(=O)O. The molecule has 6 nitrogen and oxygen atoms in total. The number of hydrogen-bond acceptors (Lipinski definition) is 5. The molecule has 0 aromatic carbocycles. The fraction of sp³-hybridized carbons (Fsp3) is 0.714. The van der Waals surface area contributed by atoms with E-state index >= 15 is 0 Å². The molecule has 0 saturated heterocycles. The van der Waals surface area contributed by atoms with Gasteiger partial charge in [0, 0.05) is 0 Å². The Morgan fingerprint density at radius 1 is 1.36 bits per heavy atom. The summed E-state index contributed by atoms with van der Waals surface area (Å²) in [6, 6.07) is 0. The summed E-state index contributed by atoms with van der Waals surface area (Å²) < 4.78 is 33.3. The molecule has 0 amide bonds. The van der Waals surface area contributed by atoms with Crippen LogP contribution in [0.2, 0.25) is 0 Å². The maximum absolute atomic E-state index is 10.8. The highest BCUT2D eigenvalue weighted by molar-refractivity contribution is 7.86. The van der Waals surface area contributed by atoms with E-state index in [-0.39, 0.29) is 6.10 Å². The smallest absolute Gasteiger partial charge is 0.313 e. The molecule has 0 atom stereocenters. The van der Waals surface area contributed by atoms with Crippen LogP contribution in [0, 0.1) is 0 Å². The van der Waals surface area contributed by atoms with Gasteiger partial charge >= 0.3 is 5.97 Å². The van der Waals surface area contributed by atoms with Crippen LogP contribution >= 0.6 is 0 Å². The van der Waals surface area contributed by atoms with Crippen LogP contribution < -0.4 is 0 Å². The Bertz CT molecular complexity index is 315. The third-order valence-electron chi connectivity index (χ3n) is 1.05. The molecule has 0 aliphatic heterocycles. The van der Waals surface area contributed by atoms with Crippen molar-refractivity contribution < 1.29 is 27.3 Å². The van der Waals surface area contributed by atoms with Crippen LogP contribution in [0.4, 0.5) is 0 Å². The Hall–Kier alpha value is -0.950. The van der Waals surface area contributed by atoms with Crippen molar-refractivity contribution >= 4 is 21.9 Å². The van der Waals surface area contributed by atoms with Crippen LogP contribution in [0.1, 0.15) is 20.3 Å². The van der Waals surface area contributed by atoms with Crippen LogP contribution in [0.3, 0.4) is 0 Å². The second kappa shape index (κ2) is 5.06. The van der Waals surface area contributed by atoms with E-state index < -0.39 is 34.0 Å². The zero-order valence-electron chi connectivity index (χ0n) is 7.89. The maximum atomic E-state index is 10.8. The van der Waals surface area contributed by atoms with E-state index in [0.717, 1.165) is 0 Å². The van der Waals surface area contributed by atoms with E-state index in [0.29, 0.717) is 0 Å². The molecule has 7 heteroatoms. The Kier molecular flexibility index (Phi) is 4.72. The predicted octanol–water partition coefficient (Wildman–Crippen LogP) is -0.215. The highest BCUT2D eigenvalue weighted by atomic mass is 32.2. The number of carbonyl (C=O) groups excluding carboxylic acids is 2. The van der Waals surface area contributed by atoms with E-state index in [1.807, 2.05) is 0 Å². The van der Waals surface area contributed by atoms with Crippen molar-refractivity contribution in [2.75, 3.05) is 5.75 Å². The number of Topliss-reactive ketones (excluding diaryl/α,β-unsaturated/α-hetero) is 1. The largest absolute Gasteiger partial charge is 0.463 e. The first kappa shape index (κ1) is 13.1. The topological polar surface area (TPSA) is 97.7 Å². The first-order valence-electron chi connectivity index (χ1n) is 3.87. The molecule has 0 saturated carbocycles. The van der Waals surface area contributed by atoms with Gasteiger partial charge in [0.05, 0.1) is 6.10 Å². The lowest BCUT2D eigenvalue weighted by atomic mass is 10.3. The van der Waals surface area contributed by atoms with Gasteiger partial charge in [0.25, 0.3) is 10.1 Å². The molecule has 0 aliphatic carbocycles. The Labute approximate surface area is 82.0 Å². The monoisotopic (exact) mass is 224 g/mol. The van der Waals surface area contributed by atoms with Gasteiger partial charge in [-0.15, -0.1) is 0 Å². The number of hydrogen-bond donors (Lipinski definition) is 1. The molecule has 0 aromatic rings. The molecule has 0 unspecified atom stereocenters. The van der Waals surface area contributed by atoms with Crippen LogP contribution in [0.15, 0.2) is 0 Å². The molecule has 0 aromatic heterocycles. The van der Waals surface area contributed by atoms with Crippen LogP contribution in [-0.2, 0) is 24.4 Å². The highest BCUT2D eigenvalue weighted by Gasteiger charge is 2.17. The second-order valence-electron chi connectivity index (χ2n) is 2.98. The number of esters is 1. The first-order valence-corrected chi connectivity index (χ1v) is 5.48. The Morgan fingerprint density at radius 2 is 1.86 bits per heavy atom. The standard InChI is InChI=1S/C7H12O6S/c1-5(2)13-7(9)3-6(8)4-14(10,11)12/h5H,3-4H2,1-2H3,(H,10,11,12). The average molecular weight is 224 g/mol. The number of ketones is 1. The molecular formula is C7H12O6S. The van der Waals surface area contributed by atoms with Crippen LogP contribution in [0.5, 0.6) is 0 Å². The quantitative estimate of drug-likeness (QED) is 0.394. The summed E-state index contributed by atoms with van der Waals surface area (Å²) >= 11 is 0. The first-order chi connectivity index (χ1) is 6.20. The van der Waals surface area contributed by atoms with E-state index in [2.05, 4.69) is 4.74 Å². The molecule has 0 aliphatic rings. The average Bonchev–Trinajstić information content (AvgIpc) is 1.77. The number of ether oxygens (including phenoxy) is 1. The Morgan fingerprint density at radius 3 is 2.21 bits per heavy atom. The van der Waals surface area contributed by atoms with E-state index in [1.54, 1.807) is 13.8 Å². The Balaban J connectivity index is 4.02. The van der Waals surface area contributed by atoms with Crippen molar-refractivity contribution in [3.8, 4) is 0 Å². The summed E-state index contributed by atoms with van der Waals surface area (Å²) in [6.07, 6.45) is -1.00. The zero-order chi connectivity index (χ0) is 11.4. The van der Waals surface area contributed by atoms with Gasteiger partial charge in [0.2, 0.25) is 0 Å². The molecule has 14 heavy (non-hydrogen) atoms. The van der Waals surface area contributed by atoms with Gasteiger partial charge in [-0.1, -0.05) is 0 Å². The molecule has 0 bridgehead atoms. The third kappa shape index (κ3) is 7.69. The highest BCUT2D eigenvalue weighted by Crippen LogP contribution is 1.96. The lowest BCUT2D eigenvalue weighted by Crippen LogP contribution is -2.21. The van der Waals surface area contributed by atoms with E-state index in [9.17, 15) is 18.0 Å². The third-order valence-corrected chi connectivity index (χ3v) is 1.74. The summed E-state index contributed by atoms with van der Waals surface area (Å²) in [4.78, 5) is 21.6. The lowest BCUT2D eigenvalue weighted by Gasteiger charge is -2.06. The fourth-order valence-corrected chi connectivity index (χ4v) is 1.23. The van der Waals surface area contributed by atoms with Crippen molar-refractivity contribution in [1.82, 2.24) is 0 Å². The van der Waals surface area contributed by atoms with Gasteiger partial charge in [-0.2, -0.15) is 8.42 Å². The lowest BCUT2D eigenvalue weighted by molar-refractivity contribution is -0.149. The van der Waals surface area contributed by atoms with E-state index in [4.69, 9.17) is 4.55 Å². The summed E-state index contributed by atoms with van der Waals surface area (Å²) in [5.74, 6) is -2.74. The van der Waals surface area contributed by atoms with Crippen LogP contribution in [-0.4, -0.2) is 36.6 Å². The summed E-state index contributed by atoms with van der Waals surface area (Å²) in [5, 5.41) is 0. The normalized spacial score (nSPS) is 11.4. The van der Waals surface area contributed by atoms with Gasteiger partial charge in [-0.25, -0.2) is 0 Å². The van der Waals surface area contributed by atoms with Crippen molar-refractivity contribution in [3.05, 3.63) is 0 Å². The number of carbonyl (C=O) groups is 2. The molecule has 0 heterocycles. The van der Waals surface area contributed by atoms with Crippen molar-refractivity contribution in [1.29, 1.82) is 0 Å². The van der Waals surface area contributed by atoms with Gasteiger partial charge in [-0.05, 0) is 13.8 Å². The maximum Gasteiger partial charge on any atom is 0.313 e. The number of rotatable bonds is 5.